The molecule has 2 aromatic carbocycles. The molecule has 0 heterocycles. The van der Waals surface area contributed by atoms with E-state index in [1.54, 1.807) is 37.3 Å². The van der Waals surface area contributed by atoms with Gasteiger partial charge in [-0.1, -0.05) is 41.4 Å². The van der Waals surface area contributed by atoms with Crippen LogP contribution in [0.4, 0.5) is 5.69 Å². The van der Waals surface area contributed by atoms with Gasteiger partial charge < -0.3 is 15.0 Å². The summed E-state index contributed by atoms with van der Waals surface area (Å²) in [5.74, 6) is 0.716. The van der Waals surface area contributed by atoms with Crippen LogP contribution in [-0.4, -0.2) is 31.5 Å². The maximum absolute atomic E-state index is 12.2. The maximum atomic E-state index is 12.2. The van der Waals surface area contributed by atoms with Crippen LogP contribution in [0.2, 0.25) is 10.0 Å². The van der Waals surface area contributed by atoms with Crippen molar-refractivity contribution in [2.45, 2.75) is 6.54 Å². The monoisotopic (exact) mass is 352 g/mol. The third-order valence-electron chi connectivity index (χ3n) is 3.33. The predicted octanol–water partition coefficient (Wildman–Crippen LogP) is 4.07. The second-order valence-corrected chi connectivity index (χ2v) is 5.95. The summed E-state index contributed by atoms with van der Waals surface area (Å²) in [6, 6.07) is 12.7. The molecular weight excluding hydrogens is 335 g/mol. The van der Waals surface area contributed by atoms with Crippen LogP contribution >= 0.6 is 23.2 Å². The summed E-state index contributed by atoms with van der Waals surface area (Å²) >= 11 is 11.9. The van der Waals surface area contributed by atoms with Crippen molar-refractivity contribution in [1.82, 2.24) is 4.90 Å². The summed E-state index contributed by atoms with van der Waals surface area (Å²) in [5.41, 5.74) is 1.66. The van der Waals surface area contributed by atoms with E-state index < -0.39 is 0 Å². The van der Waals surface area contributed by atoms with Crippen LogP contribution in [0.3, 0.4) is 0 Å². The van der Waals surface area contributed by atoms with Crippen molar-refractivity contribution in [3.8, 4) is 5.75 Å². The molecule has 0 fully saturated rings. The van der Waals surface area contributed by atoms with Gasteiger partial charge in [0.2, 0.25) is 5.91 Å². The molecule has 2 aromatic rings. The molecule has 0 aliphatic rings. The largest absolute Gasteiger partial charge is 0.496 e. The molecule has 0 saturated heterocycles. The van der Waals surface area contributed by atoms with Gasteiger partial charge in [-0.25, -0.2) is 0 Å². The van der Waals surface area contributed by atoms with Gasteiger partial charge in [0.05, 0.1) is 13.7 Å². The van der Waals surface area contributed by atoms with Gasteiger partial charge in [0, 0.05) is 34.9 Å². The fourth-order valence-corrected chi connectivity index (χ4v) is 2.67. The number of anilines is 1. The van der Waals surface area contributed by atoms with Crippen LogP contribution < -0.4 is 10.1 Å². The maximum Gasteiger partial charge on any atom is 0.241 e. The Morgan fingerprint density at radius 1 is 1.17 bits per heavy atom. The zero-order valence-electron chi connectivity index (χ0n) is 13.0. The van der Waals surface area contributed by atoms with Crippen molar-refractivity contribution in [2.75, 3.05) is 26.0 Å². The standard InChI is InChI=1S/C17H18Cl2N2O2/c1-21(11-12-5-3-4-6-16(12)23-2)17(22)10-20-15-8-13(18)7-14(19)9-15/h3-9,20H,10-11H2,1-2H3. The molecule has 23 heavy (non-hydrogen) atoms. The lowest BCUT2D eigenvalue weighted by Gasteiger charge is -2.19. The SMILES string of the molecule is COc1ccccc1CN(C)C(=O)CNc1cc(Cl)cc(Cl)c1. The van der Waals surface area contributed by atoms with Crippen LogP contribution in [0, 0.1) is 0 Å². The summed E-state index contributed by atoms with van der Waals surface area (Å²) in [7, 11) is 3.37. The first-order valence-electron chi connectivity index (χ1n) is 7.05. The third kappa shape index (κ3) is 5.05. The number of carbonyl (C=O) groups is 1. The van der Waals surface area contributed by atoms with Crippen molar-refractivity contribution in [1.29, 1.82) is 0 Å². The van der Waals surface area contributed by atoms with E-state index in [-0.39, 0.29) is 12.5 Å². The summed E-state index contributed by atoms with van der Waals surface area (Å²) in [5, 5.41) is 4.08. The molecule has 122 valence electrons. The fourth-order valence-electron chi connectivity index (χ4n) is 2.15. The van der Waals surface area contributed by atoms with E-state index in [0.717, 1.165) is 11.3 Å². The highest BCUT2D eigenvalue weighted by Crippen LogP contribution is 2.22. The second kappa shape index (κ2) is 8.09. The molecule has 0 aliphatic heterocycles. The Balaban J connectivity index is 1.94. The lowest BCUT2D eigenvalue weighted by Crippen LogP contribution is -2.31. The van der Waals surface area contributed by atoms with E-state index >= 15 is 0 Å². The number of rotatable bonds is 6. The normalized spacial score (nSPS) is 10.3. The molecule has 0 bridgehead atoms. The summed E-state index contributed by atoms with van der Waals surface area (Å²) < 4.78 is 5.30. The van der Waals surface area contributed by atoms with Gasteiger partial charge in [-0.05, 0) is 24.3 Å². The smallest absolute Gasteiger partial charge is 0.241 e. The molecule has 0 aromatic heterocycles. The Hall–Kier alpha value is -1.91. The molecule has 0 atom stereocenters. The zero-order valence-corrected chi connectivity index (χ0v) is 14.5. The second-order valence-electron chi connectivity index (χ2n) is 5.07. The number of benzene rings is 2. The fraction of sp³-hybridized carbons (Fsp3) is 0.235. The van der Waals surface area contributed by atoms with E-state index in [0.29, 0.717) is 22.3 Å². The van der Waals surface area contributed by atoms with Gasteiger partial charge in [0.15, 0.2) is 0 Å². The average molecular weight is 353 g/mol. The lowest BCUT2D eigenvalue weighted by molar-refractivity contribution is -0.128. The van der Waals surface area contributed by atoms with Crippen LogP contribution in [0.25, 0.3) is 0 Å². The summed E-state index contributed by atoms with van der Waals surface area (Å²) in [4.78, 5) is 13.9. The first-order chi connectivity index (χ1) is 11.0. The van der Waals surface area contributed by atoms with E-state index in [1.807, 2.05) is 24.3 Å². The number of hydrogen-bond donors (Lipinski definition) is 1. The minimum absolute atomic E-state index is 0.0491. The molecule has 4 nitrogen and oxygen atoms in total. The molecule has 0 saturated carbocycles. The number of hydrogen-bond acceptors (Lipinski definition) is 3. The number of nitrogens with zero attached hydrogens (tertiary/aromatic N) is 1. The minimum Gasteiger partial charge on any atom is -0.496 e. The van der Waals surface area contributed by atoms with Crippen LogP contribution in [-0.2, 0) is 11.3 Å². The van der Waals surface area contributed by atoms with Gasteiger partial charge in [-0.3, -0.25) is 4.79 Å². The molecule has 0 radical (unpaired) electrons. The Morgan fingerprint density at radius 2 is 1.83 bits per heavy atom. The number of nitrogens with one attached hydrogen (secondary N) is 1. The van der Waals surface area contributed by atoms with Crippen LogP contribution in [0.5, 0.6) is 5.75 Å². The molecule has 2 rings (SSSR count). The number of carbonyl (C=O) groups excluding carboxylic acids is 1. The third-order valence-corrected chi connectivity index (χ3v) is 3.77. The van der Waals surface area contributed by atoms with Crippen LogP contribution in [0.1, 0.15) is 5.56 Å². The quantitative estimate of drug-likeness (QED) is 0.851. The van der Waals surface area contributed by atoms with E-state index in [9.17, 15) is 4.79 Å². The van der Waals surface area contributed by atoms with Crippen LogP contribution in [0.15, 0.2) is 42.5 Å². The molecule has 0 spiro atoms. The number of methoxy groups -OCH3 is 1. The topological polar surface area (TPSA) is 41.6 Å². The lowest BCUT2D eigenvalue weighted by atomic mass is 10.2. The number of halogens is 2. The summed E-state index contributed by atoms with van der Waals surface area (Å²) in [6.45, 7) is 0.628. The summed E-state index contributed by atoms with van der Waals surface area (Å²) in [6.07, 6.45) is 0. The highest BCUT2D eigenvalue weighted by molar-refractivity contribution is 6.35. The van der Waals surface area contributed by atoms with Gasteiger partial charge in [-0.15, -0.1) is 0 Å². The van der Waals surface area contributed by atoms with E-state index in [4.69, 9.17) is 27.9 Å². The van der Waals surface area contributed by atoms with Crippen molar-refractivity contribution < 1.29 is 9.53 Å². The number of amides is 1. The van der Waals surface area contributed by atoms with Crippen molar-refractivity contribution in [3.63, 3.8) is 0 Å². The van der Waals surface area contributed by atoms with Gasteiger partial charge in [-0.2, -0.15) is 0 Å². The minimum atomic E-state index is -0.0491. The molecular formula is C17H18Cl2N2O2. The Kier molecular flexibility index (Phi) is 6.13. The molecule has 0 aliphatic carbocycles. The van der Waals surface area contributed by atoms with Gasteiger partial charge >= 0.3 is 0 Å². The van der Waals surface area contributed by atoms with E-state index in [2.05, 4.69) is 5.32 Å². The first-order valence-corrected chi connectivity index (χ1v) is 7.81. The molecule has 1 amide bonds. The number of likely N-dealkylation sites (N-methyl/N-ethyl adjacent to an activating group) is 1. The van der Waals surface area contributed by atoms with E-state index in [1.165, 1.54) is 0 Å². The molecule has 0 unspecified atom stereocenters. The number of ether oxygens (including phenoxy) is 1. The first kappa shape index (κ1) is 17.4. The Labute approximate surface area is 146 Å². The molecule has 1 N–H and O–H groups in total. The van der Waals surface area contributed by atoms with Crippen molar-refractivity contribution >= 4 is 34.8 Å². The Bertz CT molecular complexity index is 672. The van der Waals surface area contributed by atoms with Gasteiger partial charge in [0.1, 0.15) is 5.75 Å². The zero-order chi connectivity index (χ0) is 16.8. The number of para-hydroxylation sites is 1. The van der Waals surface area contributed by atoms with Crippen molar-refractivity contribution in [3.05, 3.63) is 58.1 Å². The Morgan fingerprint density at radius 3 is 2.48 bits per heavy atom. The average Bonchev–Trinajstić information content (AvgIpc) is 2.52. The highest BCUT2D eigenvalue weighted by atomic mass is 35.5. The van der Waals surface area contributed by atoms with Gasteiger partial charge in [0.25, 0.3) is 0 Å². The predicted molar refractivity (Wildman–Crippen MR) is 94.4 cm³/mol. The molecule has 6 heteroatoms. The highest BCUT2D eigenvalue weighted by Gasteiger charge is 2.12. The van der Waals surface area contributed by atoms with Crippen molar-refractivity contribution in [2.24, 2.45) is 0 Å².